The van der Waals surface area contributed by atoms with Crippen LogP contribution in [0, 0.1) is 6.92 Å². The molecular formula is C8H14N2OS2. The second kappa shape index (κ2) is 3.75. The Morgan fingerprint density at radius 1 is 1.54 bits per heavy atom. The summed E-state index contributed by atoms with van der Waals surface area (Å²) in [5.41, 5.74) is 1.01. The lowest BCUT2D eigenvalue weighted by molar-refractivity contribution is 0.684. The Hall–Kier alpha value is -0.420. The molecule has 0 fully saturated rings. The van der Waals surface area contributed by atoms with E-state index in [-0.39, 0.29) is 0 Å². The van der Waals surface area contributed by atoms with Crippen molar-refractivity contribution in [2.75, 3.05) is 12.5 Å². The Bertz CT molecular complexity index is 406. The van der Waals surface area contributed by atoms with E-state index in [0.29, 0.717) is 5.13 Å². The highest BCUT2D eigenvalue weighted by Gasteiger charge is 2.05. The summed E-state index contributed by atoms with van der Waals surface area (Å²) < 4.78 is 15.4. The van der Waals surface area contributed by atoms with Crippen LogP contribution in [0.15, 0.2) is 4.36 Å². The van der Waals surface area contributed by atoms with Crippen molar-refractivity contribution in [3.63, 3.8) is 0 Å². The van der Waals surface area contributed by atoms with Crippen molar-refractivity contribution in [2.24, 2.45) is 4.36 Å². The molecule has 0 aliphatic carbocycles. The highest BCUT2D eigenvalue weighted by atomic mass is 32.2. The van der Waals surface area contributed by atoms with Crippen LogP contribution in [0.25, 0.3) is 0 Å². The first kappa shape index (κ1) is 10.7. The molecule has 1 aromatic rings. The van der Waals surface area contributed by atoms with E-state index in [1.54, 1.807) is 12.5 Å². The lowest BCUT2D eigenvalue weighted by atomic mass is 10.3. The second-order valence-corrected chi connectivity index (χ2v) is 6.74. The van der Waals surface area contributed by atoms with Crippen molar-refractivity contribution >= 4 is 26.2 Å². The molecule has 0 amide bonds. The van der Waals surface area contributed by atoms with E-state index in [9.17, 15) is 4.21 Å². The number of hydrogen-bond donors (Lipinski definition) is 0. The first-order valence-corrected chi connectivity index (χ1v) is 7.20. The molecule has 1 rings (SSSR count). The number of rotatable bonds is 2. The monoisotopic (exact) mass is 218 g/mol. The number of thiazole rings is 1. The van der Waals surface area contributed by atoms with Gasteiger partial charge in [0.25, 0.3) is 0 Å². The van der Waals surface area contributed by atoms with Crippen molar-refractivity contribution in [1.82, 2.24) is 4.98 Å². The molecule has 0 aliphatic heterocycles. The highest BCUT2D eigenvalue weighted by molar-refractivity contribution is 7.92. The Morgan fingerprint density at radius 2 is 2.15 bits per heavy atom. The lowest BCUT2D eigenvalue weighted by Crippen LogP contribution is -1.88. The molecule has 0 aliphatic rings. The molecule has 0 aromatic carbocycles. The molecule has 0 N–H and O–H groups in total. The summed E-state index contributed by atoms with van der Waals surface area (Å²) in [6.07, 6.45) is 4.21. The molecule has 0 bridgehead atoms. The van der Waals surface area contributed by atoms with Crippen molar-refractivity contribution < 1.29 is 4.21 Å². The largest absolute Gasteiger partial charge is 0.250 e. The van der Waals surface area contributed by atoms with Gasteiger partial charge < -0.3 is 0 Å². The van der Waals surface area contributed by atoms with Gasteiger partial charge in [-0.05, 0) is 13.3 Å². The SMILES string of the molecule is CCc1sc(N=S(C)(C)=O)nc1C. The van der Waals surface area contributed by atoms with Crippen molar-refractivity contribution in [3.05, 3.63) is 10.6 Å². The summed E-state index contributed by atoms with van der Waals surface area (Å²) >= 11 is 1.53. The second-order valence-electron chi connectivity index (χ2n) is 3.13. The van der Waals surface area contributed by atoms with E-state index in [4.69, 9.17) is 0 Å². The highest BCUT2D eigenvalue weighted by Crippen LogP contribution is 2.25. The average Bonchev–Trinajstić information content (AvgIpc) is 2.26. The van der Waals surface area contributed by atoms with Gasteiger partial charge in [-0.1, -0.05) is 18.3 Å². The number of aryl methyl sites for hydroxylation is 2. The molecule has 13 heavy (non-hydrogen) atoms. The fraction of sp³-hybridized carbons (Fsp3) is 0.625. The predicted molar refractivity (Wildman–Crippen MR) is 58.3 cm³/mol. The van der Waals surface area contributed by atoms with Gasteiger partial charge in [0.2, 0.25) is 5.13 Å². The first-order chi connectivity index (χ1) is 5.92. The minimum absolute atomic E-state index is 0.643. The third-order valence-electron chi connectivity index (χ3n) is 1.50. The quantitative estimate of drug-likeness (QED) is 0.764. The molecule has 0 atom stereocenters. The maximum atomic E-state index is 11.4. The molecule has 1 aromatic heterocycles. The fourth-order valence-electron chi connectivity index (χ4n) is 0.968. The normalized spacial score (nSPS) is 11.7. The zero-order valence-electron chi connectivity index (χ0n) is 8.33. The van der Waals surface area contributed by atoms with Gasteiger partial charge in [-0.25, -0.2) is 9.19 Å². The number of aromatic nitrogens is 1. The zero-order valence-corrected chi connectivity index (χ0v) is 9.96. The molecule has 0 radical (unpaired) electrons. The summed E-state index contributed by atoms with van der Waals surface area (Å²) in [5.74, 6) is 0. The maximum absolute atomic E-state index is 11.4. The van der Waals surface area contributed by atoms with Crippen LogP contribution >= 0.6 is 11.3 Å². The Kier molecular flexibility index (Phi) is 3.08. The van der Waals surface area contributed by atoms with Crippen LogP contribution in [0.2, 0.25) is 0 Å². The van der Waals surface area contributed by atoms with Crippen molar-refractivity contribution in [3.8, 4) is 0 Å². The fourth-order valence-corrected chi connectivity index (χ4v) is 2.81. The zero-order chi connectivity index (χ0) is 10.1. The maximum Gasteiger partial charge on any atom is 0.217 e. The van der Waals surface area contributed by atoms with Crippen LogP contribution in [0.3, 0.4) is 0 Å². The molecule has 0 saturated heterocycles. The van der Waals surface area contributed by atoms with Crippen molar-refractivity contribution in [2.45, 2.75) is 20.3 Å². The van der Waals surface area contributed by atoms with Crippen LogP contribution in [-0.4, -0.2) is 21.7 Å². The van der Waals surface area contributed by atoms with Gasteiger partial charge in [-0.15, -0.1) is 0 Å². The van der Waals surface area contributed by atoms with Crippen LogP contribution < -0.4 is 0 Å². The molecular weight excluding hydrogens is 204 g/mol. The summed E-state index contributed by atoms with van der Waals surface area (Å²) in [7, 11) is -2.07. The van der Waals surface area contributed by atoms with Gasteiger partial charge in [-0.2, -0.15) is 4.36 Å². The first-order valence-electron chi connectivity index (χ1n) is 4.06. The molecule has 1 heterocycles. The summed E-state index contributed by atoms with van der Waals surface area (Å²) in [4.78, 5) is 5.46. The van der Waals surface area contributed by atoms with Crippen LogP contribution in [0.4, 0.5) is 5.13 Å². The molecule has 0 unspecified atom stereocenters. The Morgan fingerprint density at radius 3 is 2.54 bits per heavy atom. The van der Waals surface area contributed by atoms with Crippen molar-refractivity contribution in [1.29, 1.82) is 0 Å². The third kappa shape index (κ3) is 3.08. The van der Waals surface area contributed by atoms with Gasteiger partial charge in [0.15, 0.2) is 0 Å². The van der Waals surface area contributed by atoms with Gasteiger partial charge in [0, 0.05) is 27.1 Å². The van der Waals surface area contributed by atoms with Gasteiger partial charge in [-0.3, -0.25) is 0 Å². The number of hydrogen-bond acceptors (Lipinski definition) is 4. The summed E-state index contributed by atoms with van der Waals surface area (Å²) in [5, 5.41) is 0.643. The average molecular weight is 218 g/mol. The van der Waals surface area contributed by atoms with Crippen LogP contribution in [0.5, 0.6) is 0 Å². The number of nitrogens with zero attached hydrogens (tertiary/aromatic N) is 2. The summed E-state index contributed by atoms with van der Waals surface area (Å²) in [6.45, 7) is 4.04. The molecule has 0 spiro atoms. The molecule has 0 saturated carbocycles. The van der Waals surface area contributed by atoms with E-state index >= 15 is 0 Å². The van der Waals surface area contributed by atoms with E-state index < -0.39 is 9.73 Å². The topological polar surface area (TPSA) is 42.3 Å². The van der Waals surface area contributed by atoms with Gasteiger partial charge in [0.1, 0.15) is 0 Å². The minimum Gasteiger partial charge on any atom is -0.250 e. The van der Waals surface area contributed by atoms with Crippen LogP contribution in [0.1, 0.15) is 17.5 Å². The lowest BCUT2D eigenvalue weighted by Gasteiger charge is -1.89. The predicted octanol–water partition coefficient (Wildman–Crippen LogP) is 2.37. The molecule has 5 heteroatoms. The summed E-state index contributed by atoms with van der Waals surface area (Å²) in [6, 6.07) is 0. The Labute approximate surface area is 83.4 Å². The molecule has 3 nitrogen and oxygen atoms in total. The molecule has 74 valence electrons. The smallest absolute Gasteiger partial charge is 0.217 e. The van der Waals surface area contributed by atoms with E-state index in [1.807, 2.05) is 6.92 Å². The van der Waals surface area contributed by atoms with Crippen LogP contribution in [-0.2, 0) is 16.1 Å². The third-order valence-corrected chi connectivity index (χ3v) is 3.42. The van der Waals surface area contributed by atoms with Gasteiger partial charge >= 0.3 is 0 Å². The van der Waals surface area contributed by atoms with E-state index in [2.05, 4.69) is 16.3 Å². The Balaban J connectivity index is 3.13. The van der Waals surface area contributed by atoms with Gasteiger partial charge in [0.05, 0.1) is 5.69 Å². The standard InChI is InChI=1S/C8H14N2OS2/c1-5-7-6(2)9-8(12-7)10-13(3,4)11/h5H2,1-4H3. The van der Waals surface area contributed by atoms with E-state index in [0.717, 1.165) is 12.1 Å². The minimum atomic E-state index is -2.07. The van der Waals surface area contributed by atoms with E-state index in [1.165, 1.54) is 16.2 Å².